The average molecular weight is 258 g/mol. The Bertz CT molecular complexity index is 594. The Balaban J connectivity index is 2.22. The number of fused-ring (bicyclic) bond motifs is 1. The second-order valence-corrected chi connectivity index (χ2v) is 5.73. The van der Waals surface area contributed by atoms with Crippen molar-refractivity contribution in [3.63, 3.8) is 0 Å². The molecule has 19 heavy (non-hydrogen) atoms. The molecule has 0 unspecified atom stereocenters. The van der Waals surface area contributed by atoms with Gasteiger partial charge in [0.2, 0.25) is 0 Å². The summed E-state index contributed by atoms with van der Waals surface area (Å²) in [5.74, 6) is 0.921. The molecular formula is C16H22N2O. The zero-order valence-corrected chi connectivity index (χ0v) is 11.8. The number of benzene rings is 1. The van der Waals surface area contributed by atoms with Crippen molar-refractivity contribution in [2.75, 3.05) is 13.7 Å². The van der Waals surface area contributed by atoms with Crippen LogP contribution in [0, 0.1) is 0 Å². The molecule has 2 N–H and O–H groups in total. The molecule has 1 saturated carbocycles. The third kappa shape index (κ3) is 1.84. The number of ether oxygens (including phenoxy) is 1. The molecule has 1 fully saturated rings. The molecule has 3 rings (SSSR count). The van der Waals surface area contributed by atoms with Gasteiger partial charge < -0.3 is 15.0 Å². The molecule has 1 aromatic carbocycles. The molecule has 0 amide bonds. The van der Waals surface area contributed by atoms with Gasteiger partial charge in [-0.25, -0.2) is 0 Å². The van der Waals surface area contributed by atoms with E-state index >= 15 is 0 Å². The number of aryl methyl sites for hydroxylation is 1. The Morgan fingerprint density at radius 1 is 1.32 bits per heavy atom. The fourth-order valence-corrected chi connectivity index (χ4v) is 3.56. The van der Waals surface area contributed by atoms with Crippen LogP contribution in [0.3, 0.4) is 0 Å². The smallest absolute Gasteiger partial charge is 0.119 e. The topological polar surface area (TPSA) is 40.2 Å². The maximum absolute atomic E-state index is 6.13. The number of nitrogens with two attached hydrogens (primary N) is 1. The van der Waals surface area contributed by atoms with Crippen LogP contribution in [0.2, 0.25) is 0 Å². The van der Waals surface area contributed by atoms with Crippen molar-refractivity contribution in [3.05, 3.63) is 30.0 Å². The molecule has 2 aromatic rings. The van der Waals surface area contributed by atoms with Crippen molar-refractivity contribution in [3.8, 4) is 5.75 Å². The number of rotatable bonds is 3. The van der Waals surface area contributed by atoms with Gasteiger partial charge in [-0.1, -0.05) is 12.8 Å². The van der Waals surface area contributed by atoms with Gasteiger partial charge in [0.1, 0.15) is 5.75 Å². The molecule has 102 valence electrons. The molecule has 1 heterocycles. The van der Waals surface area contributed by atoms with Crippen LogP contribution in [0.1, 0.15) is 31.2 Å². The number of aromatic nitrogens is 1. The lowest BCUT2D eigenvalue weighted by atomic mass is 9.79. The predicted octanol–water partition coefficient (Wildman–Crippen LogP) is 2.96. The minimum absolute atomic E-state index is 0.172. The largest absolute Gasteiger partial charge is 0.497 e. The molecule has 1 aromatic heterocycles. The highest BCUT2D eigenvalue weighted by Gasteiger charge is 2.36. The summed E-state index contributed by atoms with van der Waals surface area (Å²) in [6, 6.07) is 6.31. The highest BCUT2D eigenvalue weighted by atomic mass is 16.5. The number of hydrogen-bond donors (Lipinski definition) is 1. The molecule has 0 bridgehead atoms. The van der Waals surface area contributed by atoms with Gasteiger partial charge in [-0.15, -0.1) is 0 Å². The van der Waals surface area contributed by atoms with Gasteiger partial charge in [-0.05, 0) is 36.6 Å². The van der Waals surface area contributed by atoms with Crippen LogP contribution in [0.15, 0.2) is 24.4 Å². The van der Waals surface area contributed by atoms with Crippen molar-refractivity contribution < 1.29 is 4.74 Å². The zero-order chi connectivity index (χ0) is 13.5. The summed E-state index contributed by atoms with van der Waals surface area (Å²) in [7, 11) is 3.83. The fourth-order valence-electron chi connectivity index (χ4n) is 3.56. The van der Waals surface area contributed by atoms with Crippen LogP contribution < -0.4 is 10.5 Å². The van der Waals surface area contributed by atoms with E-state index in [-0.39, 0.29) is 5.41 Å². The summed E-state index contributed by atoms with van der Waals surface area (Å²) in [6.07, 6.45) is 7.26. The van der Waals surface area contributed by atoms with Crippen LogP contribution in [0.4, 0.5) is 0 Å². The first kappa shape index (κ1) is 12.5. The van der Waals surface area contributed by atoms with Crippen molar-refractivity contribution in [1.29, 1.82) is 0 Å². The minimum Gasteiger partial charge on any atom is -0.497 e. The van der Waals surface area contributed by atoms with Crippen LogP contribution >= 0.6 is 0 Å². The van der Waals surface area contributed by atoms with Crippen LogP contribution in [-0.2, 0) is 12.5 Å². The normalized spacial score (nSPS) is 18.1. The van der Waals surface area contributed by atoms with E-state index in [1.165, 1.54) is 42.1 Å². The molecule has 1 aliphatic rings. The van der Waals surface area contributed by atoms with Crippen molar-refractivity contribution in [2.45, 2.75) is 31.1 Å². The lowest BCUT2D eigenvalue weighted by Crippen LogP contribution is -2.31. The maximum atomic E-state index is 6.13. The summed E-state index contributed by atoms with van der Waals surface area (Å²) in [5.41, 5.74) is 8.97. The van der Waals surface area contributed by atoms with Gasteiger partial charge in [-0.3, -0.25) is 0 Å². The molecule has 1 aliphatic carbocycles. The highest BCUT2D eigenvalue weighted by molar-refractivity contribution is 5.86. The first-order valence-corrected chi connectivity index (χ1v) is 7.04. The first-order valence-electron chi connectivity index (χ1n) is 7.04. The summed E-state index contributed by atoms with van der Waals surface area (Å²) >= 11 is 0. The zero-order valence-electron chi connectivity index (χ0n) is 11.8. The summed E-state index contributed by atoms with van der Waals surface area (Å²) in [6.45, 7) is 0.739. The average Bonchev–Trinajstić information content (AvgIpc) is 3.04. The second kappa shape index (κ2) is 4.57. The first-order chi connectivity index (χ1) is 9.20. The Morgan fingerprint density at radius 3 is 2.68 bits per heavy atom. The Kier molecular flexibility index (Phi) is 3.02. The predicted molar refractivity (Wildman–Crippen MR) is 78.7 cm³/mol. The fraction of sp³-hybridized carbons (Fsp3) is 0.500. The van der Waals surface area contributed by atoms with E-state index in [0.717, 1.165) is 12.3 Å². The third-order valence-corrected chi connectivity index (χ3v) is 4.72. The van der Waals surface area contributed by atoms with Gasteiger partial charge in [-0.2, -0.15) is 0 Å². The minimum atomic E-state index is 0.172. The van der Waals surface area contributed by atoms with Crippen LogP contribution in [0.5, 0.6) is 5.75 Å². The van der Waals surface area contributed by atoms with E-state index < -0.39 is 0 Å². The molecular weight excluding hydrogens is 236 g/mol. The van der Waals surface area contributed by atoms with Crippen molar-refractivity contribution in [1.82, 2.24) is 4.57 Å². The van der Waals surface area contributed by atoms with Crippen LogP contribution in [0.25, 0.3) is 10.9 Å². The van der Waals surface area contributed by atoms with E-state index in [4.69, 9.17) is 10.5 Å². The van der Waals surface area contributed by atoms with E-state index in [1.54, 1.807) is 7.11 Å². The standard InChI is InChI=1S/C16H22N2O/c1-18-10-14(16(11-17)7-3-4-8-16)13-9-12(19-2)5-6-15(13)18/h5-6,9-10H,3-4,7-8,11,17H2,1-2H3. The van der Waals surface area contributed by atoms with Crippen LogP contribution in [-0.4, -0.2) is 18.2 Å². The molecule has 0 spiro atoms. The van der Waals surface area contributed by atoms with E-state index in [9.17, 15) is 0 Å². The lowest BCUT2D eigenvalue weighted by molar-refractivity contribution is 0.415. The Labute approximate surface area is 114 Å². The Morgan fingerprint density at radius 2 is 2.05 bits per heavy atom. The third-order valence-electron chi connectivity index (χ3n) is 4.72. The summed E-state index contributed by atoms with van der Waals surface area (Å²) in [4.78, 5) is 0. The van der Waals surface area contributed by atoms with Gasteiger partial charge in [0, 0.05) is 36.1 Å². The highest BCUT2D eigenvalue weighted by Crippen LogP contribution is 2.44. The van der Waals surface area contributed by atoms with Gasteiger partial charge in [0.05, 0.1) is 7.11 Å². The van der Waals surface area contributed by atoms with E-state index in [2.05, 4.69) is 29.9 Å². The number of nitrogens with zero attached hydrogens (tertiary/aromatic N) is 1. The van der Waals surface area contributed by atoms with Gasteiger partial charge in [0.15, 0.2) is 0 Å². The molecule has 3 nitrogen and oxygen atoms in total. The maximum Gasteiger partial charge on any atom is 0.119 e. The van der Waals surface area contributed by atoms with E-state index in [1.807, 2.05) is 6.07 Å². The number of hydrogen-bond acceptors (Lipinski definition) is 2. The molecule has 3 heteroatoms. The summed E-state index contributed by atoms with van der Waals surface area (Å²) < 4.78 is 7.58. The number of methoxy groups -OCH3 is 1. The summed E-state index contributed by atoms with van der Waals surface area (Å²) in [5, 5.41) is 1.30. The molecule has 0 aliphatic heterocycles. The lowest BCUT2D eigenvalue weighted by Gasteiger charge is -2.27. The molecule has 0 radical (unpaired) electrons. The monoisotopic (exact) mass is 258 g/mol. The van der Waals surface area contributed by atoms with Crippen molar-refractivity contribution in [2.24, 2.45) is 12.8 Å². The van der Waals surface area contributed by atoms with Gasteiger partial charge in [0.25, 0.3) is 0 Å². The second-order valence-electron chi connectivity index (χ2n) is 5.73. The SMILES string of the molecule is COc1ccc2c(c1)c(C1(CN)CCCC1)cn2C. The van der Waals surface area contributed by atoms with Crippen molar-refractivity contribution >= 4 is 10.9 Å². The van der Waals surface area contributed by atoms with Gasteiger partial charge >= 0.3 is 0 Å². The molecule has 0 atom stereocenters. The Hall–Kier alpha value is -1.48. The van der Waals surface area contributed by atoms with E-state index in [0.29, 0.717) is 0 Å². The molecule has 0 saturated heterocycles. The quantitative estimate of drug-likeness (QED) is 0.919.